The molecule has 0 bridgehead atoms. The van der Waals surface area contributed by atoms with Crippen molar-refractivity contribution in [3.8, 4) is 5.75 Å². The summed E-state index contributed by atoms with van der Waals surface area (Å²) in [6.07, 6.45) is 6.02. The SMILES string of the molecule is CCN1CCOc2ccccc2CCCCC2(CCN(C(=O)C(N)CC(C)C)CC2)C1=O. The normalized spacial score (nSPS) is 20.8. The summed E-state index contributed by atoms with van der Waals surface area (Å²) in [5.74, 6) is 1.60. The van der Waals surface area contributed by atoms with Gasteiger partial charge in [0.25, 0.3) is 0 Å². The summed E-state index contributed by atoms with van der Waals surface area (Å²) in [4.78, 5) is 30.4. The van der Waals surface area contributed by atoms with Gasteiger partial charge in [0.2, 0.25) is 11.8 Å². The third-order valence-electron chi connectivity index (χ3n) is 7.14. The maximum atomic E-state index is 13.7. The number of aryl methyl sites for hydroxylation is 1. The fourth-order valence-corrected chi connectivity index (χ4v) is 5.20. The van der Waals surface area contributed by atoms with Crippen LogP contribution in [0.1, 0.15) is 64.9 Å². The van der Waals surface area contributed by atoms with Gasteiger partial charge in [-0.05, 0) is 63.0 Å². The molecule has 0 aliphatic carbocycles. The van der Waals surface area contributed by atoms with E-state index in [-0.39, 0.29) is 17.2 Å². The number of likely N-dealkylation sites (N-methyl/N-ethyl adjacent to an activating group) is 1. The van der Waals surface area contributed by atoms with Crippen LogP contribution in [-0.4, -0.2) is 60.4 Å². The van der Waals surface area contributed by atoms with Crippen LogP contribution in [0.5, 0.6) is 5.75 Å². The van der Waals surface area contributed by atoms with Crippen molar-refractivity contribution in [1.82, 2.24) is 9.80 Å². The molecule has 6 heteroatoms. The van der Waals surface area contributed by atoms with Crippen molar-refractivity contribution in [2.75, 3.05) is 32.8 Å². The first-order valence-electron chi connectivity index (χ1n) is 12.4. The second-order valence-electron chi connectivity index (χ2n) is 9.89. The number of likely N-dealkylation sites (tertiary alicyclic amines) is 1. The van der Waals surface area contributed by atoms with E-state index in [1.807, 2.05) is 28.9 Å². The predicted octanol–water partition coefficient (Wildman–Crippen LogP) is 3.62. The Hall–Kier alpha value is -2.08. The van der Waals surface area contributed by atoms with E-state index in [0.29, 0.717) is 45.1 Å². The molecule has 2 N–H and O–H groups in total. The number of rotatable bonds is 4. The molecule has 2 aliphatic heterocycles. The molecule has 0 radical (unpaired) electrons. The highest BCUT2D eigenvalue weighted by Gasteiger charge is 2.44. The average Bonchev–Trinajstić information content (AvgIpc) is 2.78. The molecule has 2 amide bonds. The Labute approximate surface area is 193 Å². The largest absolute Gasteiger partial charge is 0.491 e. The highest BCUT2D eigenvalue weighted by atomic mass is 16.5. The maximum Gasteiger partial charge on any atom is 0.239 e. The molecule has 2 aliphatic rings. The molecule has 1 unspecified atom stereocenters. The highest BCUT2D eigenvalue weighted by Crippen LogP contribution is 2.39. The van der Waals surface area contributed by atoms with Crippen molar-refractivity contribution in [2.45, 2.75) is 71.8 Å². The van der Waals surface area contributed by atoms with Gasteiger partial charge in [0.05, 0.1) is 18.0 Å². The topological polar surface area (TPSA) is 75.9 Å². The molecule has 1 aromatic rings. The quantitative estimate of drug-likeness (QED) is 0.771. The predicted molar refractivity (Wildman–Crippen MR) is 127 cm³/mol. The van der Waals surface area contributed by atoms with Crippen molar-refractivity contribution in [2.24, 2.45) is 17.1 Å². The molecule has 1 atom stereocenters. The number of hydrogen-bond donors (Lipinski definition) is 1. The van der Waals surface area contributed by atoms with E-state index in [1.54, 1.807) is 0 Å². The van der Waals surface area contributed by atoms with Crippen LogP contribution in [0.25, 0.3) is 0 Å². The van der Waals surface area contributed by atoms with Gasteiger partial charge in [0, 0.05) is 19.6 Å². The zero-order valence-corrected chi connectivity index (χ0v) is 20.1. The fourth-order valence-electron chi connectivity index (χ4n) is 5.20. The van der Waals surface area contributed by atoms with Gasteiger partial charge in [-0.3, -0.25) is 9.59 Å². The second-order valence-corrected chi connectivity index (χ2v) is 9.89. The molecule has 3 rings (SSSR count). The minimum atomic E-state index is -0.444. The minimum absolute atomic E-state index is 0.0338. The summed E-state index contributed by atoms with van der Waals surface area (Å²) in [5.41, 5.74) is 7.03. The lowest BCUT2D eigenvalue weighted by Crippen LogP contribution is -2.54. The van der Waals surface area contributed by atoms with Crippen molar-refractivity contribution < 1.29 is 14.3 Å². The number of carbonyl (C=O) groups is 2. The minimum Gasteiger partial charge on any atom is -0.491 e. The lowest BCUT2D eigenvalue weighted by Gasteiger charge is -2.44. The summed E-state index contributed by atoms with van der Waals surface area (Å²) >= 11 is 0. The van der Waals surface area contributed by atoms with Crippen molar-refractivity contribution in [3.05, 3.63) is 29.8 Å². The number of benzene rings is 1. The maximum absolute atomic E-state index is 13.7. The molecular weight excluding hydrogens is 402 g/mol. The number of para-hydroxylation sites is 1. The van der Waals surface area contributed by atoms with Crippen LogP contribution in [0, 0.1) is 11.3 Å². The Balaban J connectivity index is 1.71. The van der Waals surface area contributed by atoms with E-state index in [0.717, 1.165) is 44.3 Å². The standard InChI is InChI=1S/C26H41N3O3/c1-4-28-17-18-32-23-11-6-5-9-21(23)10-7-8-12-26(25(28)31)13-15-29(16-14-26)24(30)22(27)19-20(2)3/h5-6,9,11,20,22H,4,7-8,10,12-19,27H2,1-3H3. The highest BCUT2D eigenvalue weighted by molar-refractivity contribution is 5.84. The van der Waals surface area contributed by atoms with Crippen molar-refractivity contribution >= 4 is 11.8 Å². The van der Waals surface area contributed by atoms with Crippen molar-refractivity contribution in [3.63, 3.8) is 0 Å². The number of carbonyl (C=O) groups excluding carboxylic acids is 2. The summed E-state index contributed by atoms with van der Waals surface area (Å²) in [7, 11) is 0. The third-order valence-corrected chi connectivity index (χ3v) is 7.14. The van der Waals surface area contributed by atoms with Crippen LogP contribution in [0.2, 0.25) is 0 Å². The van der Waals surface area contributed by atoms with Gasteiger partial charge in [-0.15, -0.1) is 0 Å². The molecule has 0 aromatic heterocycles. The first kappa shape index (κ1) is 24.6. The van der Waals surface area contributed by atoms with Gasteiger partial charge < -0.3 is 20.3 Å². The summed E-state index contributed by atoms with van der Waals surface area (Å²) in [5, 5.41) is 0. The van der Waals surface area contributed by atoms with Crippen molar-refractivity contribution in [1.29, 1.82) is 0 Å². The van der Waals surface area contributed by atoms with Crippen LogP contribution < -0.4 is 10.5 Å². The van der Waals surface area contributed by atoms with Gasteiger partial charge in [-0.2, -0.15) is 0 Å². The lowest BCUT2D eigenvalue weighted by molar-refractivity contribution is -0.149. The summed E-state index contributed by atoms with van der Waals surface area (Å²) < 4.78 is 6.06. The van der Waals surface area contributed by atoms with Gasteiger partial charge in [0.1, 0.15) is 12.4 Å². The molecule has 32 heavy (non-hydrogen) atoms. The number of ether oxygens (including phenoxy) is 1. The van der Waals surface area contributed by atoms with Gasteiger partial charge in [-0.1, -0.05) is 38.5 Å². The molecule has 6 nitrogen and oxygen atoms in total. The van der Waals surface area contributed by atoms with E-state index < -0.39 is 6.04 Å². The Kier molecular flexibility index (Phi) is 8.57. The first-order chi connectivity index (χ1) is 15.4. The van der Waals surface area contributed by atoms with Crippen LogP contribution >= 0.6 is 0 Å². The third kappa shape index (κ3) is 5.83. The smallest absolute Gasteiger partial charge is 0.239 e. The number of nitrogens with two attached hydrogens (primary N) is 1. The number of hydrogen-bond acceptors (Lipinski definition) is 4. The number of amides is 2. The van der Waals surface area contributed by atoms with Gasteiger partial charge in [0.15, 0.2) is 0 Å². The zero-order valence-electron chi connectivity index (χ0n) is 20.1. The Bertz CT molecular complexity index is 771. The number of nitrogens with zero attached hydrogens (tertiary/aromatic N) is 2. The van der Waals surface area contributed by atoms with Crippen LogP contribution in [-0.2, 0) is 16.0 Å². The van der Waals surface area contributed by atoms with Gasteiger partial charge in [-0.25, -0.2) is 0 Å². The zero-order chi connectivity index (χ0) is 23.1. The molecule has 1 saturated heterocycles. The van der Waals surface area contributed by atoms with E-state index >= 15 is 0 Å². The second kappa shape index (κ2) is 11.2. The first-order valence-corrected chi connectivity index (χ1v) is 12.4. The van der Waals surface area contributed by atoms with Crippen LogP contribution in [0.15, 0.2) is 24.3 Å². The number of fused-ring (bicyclic) bond motifs is 1. The molecule has 1 fully saturated rings. The van der Waals surface area contributed by atoms with E-state index in [9.17, 15) is 9.59 Å². The molecular formula is C26H41N3O3. The van der Waals surface area contributed by atoms with Gasteiger partial charge >= 0.3 is 0 Å². The van der Waals surface area contributed by atoms with E-state index in [2.05, 4.69) is 26.0 Å². The van der Waals surface area contributed by atoms with E-state index in [4.69, 9.17) is 10.5 Å². The van der Waals surface area contributed by atoms with Crippen LogP contribution in [0.4, 0.5) is 0 Å². The molecule has 2 heterocycles. The molecule has 1 aromatic carbocycles. The molecule has 178 valence electrons. The summed E-state index contributed by atoms with van der Waals surface area (Å²) in [6, 6.07) is 7.79. The Morgan fingerprint density at radius 1 is 1.12 bits per heavy atom. The molecule has 0 saturated carbocycles. The monoisotopic (exact) mass is 443 g/mol. The number of piperidine rings is 1. The van der Waals surface area contributed by atoms with Crippen LogP contribution in [0.3, 0.4) is 0 Å². The Morgan fingerprint density at radius 2 is 1.84 bits per heavy atom. The summed E-state index contributed by atoms with van der Waals surface area (Å²) in [6.45, 7) is 9.21. The molecule has 1 spiro atoms. The Morgan fingerprint density at radius 3 is 2.53 bits per heavy atom. The van der Waals surface area contributed by atoms with E-state index in [1.165, 1.54) is 5.56 Å². The lowest BCUT2D eigenvalue weighted by atomic mass is 9.73. The average molecular weight is 444 g/mol. The fraction of sp³-hybridized carbons (Fsp3) is 0.692.